The van der Waals surface area contributed by atoms with Crippen LogP contribution in [0.25, 0.3) is 0 Å². The van der Waals surface area contributed by atoms with Gasteiger partial charge in [-0.3, -0.25) is 9.59 Å². The molecule has 0 saturated carbocycles. The van der Waals surface area contributed by atoms with E-state index in [1.165, 1.54) is 12.1 Å². The molecule has 178 valence electrons. The van der Waals surface area contributed by atoms with E-state index in [-0.39, 0.29) is 24.4 Å². The lowest BCUT2D eigenvalue weighted by Crippen LogP contribution is -2.52. The number of carbonyl (C=O) groups is 2. The van der Waals surface area contributed by atoms with Crippen molar-refractivity contribution in [3.05, 3.63) is 70.8 Å². The molecule has 0 spiro atoms. The van der Waals surface area contributed by atoms with Crippen LogP contribution in [-0.2, 0) is 16.0 Å². The summed E-state index contributed by atoms with van der Waals surface area (Å²) in [6.07, 6.45) is -3.35. The molecular weight excluding hydrogens is 438 g/mol. The molecule has 2 aromatic carbocycles. The third-order valence-electron chi connectivity index (χ3n) is 5.72. The second-order valence-electron chi connectivity index (χ2n) is 8.24. The second kappa shape index (κ2) is 11.3. The maximum absolute atomic E-state index is 13.9. The first-order valence-corrected chi connectivity index (χ1v) is 10.8. The molecule has 3 N–H and O–H groups in total. The predicted molar refractivity (Wildman–Crippen MR) is 116 cm³/mol. The monoisotopic (exact) mass is 465 g/mol. The standard InChI is InChI=1S/C24H27F4N3O2/c1-14-9-18(25)17(19(26)10-14)7-8-29-23(32)21(12-22(27)28)31-24(33)20-11-16(13-30-20)15-5-3-2-4-6-15/h2-6,9-10,16,20-22,30H,7-8,11-13H2,1H3,(H,29,32)(H,31,33). The molecule has 0 bridgehead atoms. The maximum Gasteiger partial charge on any atom is 0.242 e. The van der Waals surface area contributed by atoms with E-state index in [2.05, 4.69) is 16.0 Å². The van der Waals surface area contributed by atoms with Gasteiger partial charge in [0.15, 0.2) is 0 Å². The van der Waals surface area contributed by atoms with E-state index < -0.39 is 48.4 Å². The molecule has 3 unspecified atom stereocenters. The summed E-state index contributed by atoms with van der Waals surface area (Å²) >= 11 is 0. The summed E-state index contributed by atoms with van der Waals surface area (Å²) in [5.74, 6) is -2.73. The van der Waals surface area contributed by atoms with Crippen molar-refractivity contribution in [3.63, 3.8) is 0 Å². The quantitative estimate of drug-likeness (QED) is 0.498. The number of hydrogen-bond donors (Lipinski definition) is 3. The van der Waals surface area contributed by atoms with E-state index in [9.17, 15) is 27.2 Å². The molecule has 1 aliphatic rings. The largest absolute Gasteiger partial charge is 0.354 e. The van der Waals surface area contributed by atoms with Crippen LogP contribution in [0.3, 0.4) is 0 Å². The molecule has 1 aliphatic heterocycles. The van der Waals surface area contributed by atoms with Crippen molar-refractivity contribution >= 4 is 11.8 Å². The minimum Gasteiger partial charge on any atom is -0.354 e. The molecule has 3 rings (SSSR count). The molecule has 1 saturated heterocycles. The number of halogens is 4. The van der Waals surface area contributed by atoms with Crippen LogP contribution in [0.15, 0.2) is 42.5 Å². The van der Waals surface area contributed by atoms with Gasteiger partial charge in [0.2, 0.25) is 18.2 Å². The fraction of sp³-hybridized carbons (Fsp3) is 0.417. The number of carbonyl (C=O) groups excluding carboxylic acids is 2. The van der Waals surface area contributed by atoms with Crippen LogP contribution in [0.2, 0.25) is 0 Å². The number of aryl methyl sites for hydroxylation is 1. The van der Waals surface area contributed by atoms with Gasteiger partial charge in [-0.25, -0.2) is 17.6 Å². The zero-order chi connectivity index (χ0) is 24.0. The normalized spacial score (nSPS) is 18.8. The van der Waals surface area contributed by atoms with E-state index in [0.29, 0.717) is 18.5 Å². The van der Waals surface area contributed by atoms with Crippen molar-refractivity contribution in [1.29, 1.82) is 0 Å². The molecule has 2 amide bonds. The minimum atomic E-state index is -2.82. The molecule has 3 atom stereocenters. The number of alkyl halides is 2. The Hall–Kier alpha value is -2.94. The van der Waals surface area contributed by atoms with Crippen molar-refractivity contribution in [1.82, 2.24) is 16.0 Å². The molecule has 33 heavy (non-hydrogen) atoms. The van der Waals surface area contributed by atoms with Crippen LogP contribution in [0.4, 0.5) is 17.6 Å². The highest BCUT2D eigenvalue weighted by Gasteiger charge is 2.33. The van der Waals surface area contributed by atoms with Crippen molar-refractivity contribution in [2.24, 2.45) is 0 Å². The molecule has 0 aliphatic carbocycles. The topological polar surface area (TPSA) is 70.2 Å². The van der Waals surface area contributed by atoms with Gasteiger partial charge in [0.25, 0.3) is 0 Å². The molecule has 0 radical (unpaired) electrons. The van der Waals surface area contributed by atoms with Gasteiger partial charge in [0.1, 0.15) is 17.7 Å². The Morgan fingerprint density at radius 3 is 2.42 bits per heavy atom. The Balaban J connectivity index is 1.55. The van der Waals surface area contributed by atoms with E-state index >= 15 is 0 Å². The molecule has 9 heteroatoms. The van der Waals surface area contributed by atoms with Crippen molar-refractivity contribution in [2.75, 3.05) is 13.1 Å². The Morgan fingerprint density at radius 2 is 1.79 bits per heavy atom. The van der Waals surface area contributed by atoms with Gasteiger partial charge in [-0.15, -0.1) is 0 Å². The Morgan fingerprint density at radius 1 is 1.12 bits per heavy atom. The van der Waals surface area contributed by atoms with Gasteiger partial charge < -0.3 is 16.0 Å². The smallest absolute Gasteiger partial charge is 0.242 e. The van der Waals surface area contributed by atoms with Gasteiger partial charge in [-0.05, 0) is 48.9 Å². The highest BCUT2D eigenvalue weighted by atomic mass is 19.3. The van der Waals surface area contributed by atoms with Crippen LogP contribution in [-0.4, -0.2) is 43.4 Å². The average Bonchev–Trinajstić information content (AvgIpc) is 3.26. The summed E-state index contributed by atoms with van der Waals surface area (Å²) in [4.78, 5) is 25.1. The van der Waals surface area contributed by atoms with Crippen molar-refractivity contribution in [2.45, 2.75) is 50.6 Å². The highest BCUT2D eigenvalue weighted by molar-refractivity contribution is 5.90. The first-order chi connectivity index (χ1) is 15.7. The summed E-state index contributed by atoms with van der Waals surface area (Å²) in [5.41, 5.74) is 1.29. The molecular formula is C24H27F4N3O2. The number of hydrogen-bond acceptors (Lipinski definition) is 3. The number of nitrogens with one attached hydrogen (secondary N) is 3. The maximum atomic E-state index is 13.9. The van der Waals surface area contributed by atoms with E-state index in [1.807, 2.05) is 30.3 Å². The minimum absolute atomic E-state index is 0.101. The van der Waals surface area contributed by atoms with Crippen LogP contribution < -0.4 is 16.0 Å². The van der Waals surface area contributed by atoms with Crippen molar-refractivity contribution < 1.29 is 27.2 Å². The molecule has 0 aromatic heterocycles. The number of rotatable bonds is 9. The first kappa shape index (κ1) is 24.7. The van der Waals surface area contributed by atoms with Crippen LogP contribution in [0.1, 0.15) is 35.4 Å². The number of benzene rings is 2. The third-order valence-corrected chi connectivity index (χ3v) is 5.72. The summed E-state index contributed by atoms with van der Waals surface area (Å²) < 4.78 is 54.0. The summed E-state index contributed by atoms with van der Waals surface area (Å²) in [6, 6.07) is 9.90. The van der Waals surface area contributed by atoms with Gasteiger partial charge in [-0.1, -0.05) is 30.3 Å². The third kappa shape index (κ3) is 6.77. The Bertz CT molecular complexity index is 948. The van der Waals surface area contributed by atoms with Gasteiger partial charge >= 0.3 is 0 Å². The average molecular weight is 465 g/mol. The van der Waals surface area contributed by atoms with Crippen molar-refractivity contribution in [3.8, 4) is 0 Å². The molecule has 2 aromatic rings. The summed E-state index contributed by atoms with van der Waals surface area (Å²) in [5, 5.41) is 7.86. The summed E-state index contributed by atoms with van der Waals surface area (Å²) in [7, 11) is 0. The van der Waals surface area contributed by atoms with Gasteiger partial charge in [0, 0.05) is 25.1 Å². The lowest BCUT2D eigenvalue weighted by molar-refractivity contribution is -0.130. The fourth-order valence-electron chi connectivity index (χ4n) is 4.00. The Kier molecular flexibility index (Phi) is 8.43. The zero-order valence-electron chi connectivity index (χ0n) is 18.2. The SMILES string of the molecule is Cc1cc(F)c(CCNC(=O)C(CC(F)F)NC(=O)C2CC(c3ccccc3)CN2)c(F)c1. The Labute approximate surface area is 189 Å². The highest BCUT2D eigenvalue weighted by Crippen LogP contribution is 2.25. The van der Waals surface area contributed by atoms with Crippen LogP contribution >= 0.6 is 0 Å². The molecule has 1 fully saturated rings. The van der Waals surface area contributed by atoms with Crippen LogP contribution in [0, 0.1) is 18.6 Å². The molecule has 5 nitrogen and oxygen atoms in total. The van der Waals surface area contributed by atoms with Gasteiger partial charge in [-0.2, -0.15) is 0 Å². The van der Waals surface area contributed by atoms with E-state index in [1.54, 1.807) is 6.92 Å². The zero-order valence-corrected chi connectivity index (χ0v) is 18.2. The fourth-order valence-corrected chi connectivity index (χ4v) is 4.00. The van der Waals surface area contributed by atoms with E-state index in [4.69, 9.17) is 0 Å². The number of amides is 2. The summed E-state index contributed by atoms with van der Waals surface area (Å²) in [6.45, 7) is 1.95. The predicted octanol–water partition coefficient (Wildman–Crippen LogP) is 3.22. The van der Waals surface area contributed by atoms with Gasteiger partial charge in [0.05, 0.1) is 6.04 Å². The van der Waals surface area contributed by atoms with Crippen LogP contribution in [0.5, 0.6) is 0 Å². The first-order valence-electron chi connectivity index (χ1n) is 10.8. The molecule has 1 heterocycles. The second-order valence-corrected chi connectivity index (χ2v) is 8.24. The van der Waals surface area contributed by atoms with E-state index in [0.717, 1.165) is 5.56 Å². The lowest BCUT2D eigenvalue weighted by atomic mass is 9.96. The lowest BCUT2D eigenvalue weighted by Gasteiger charge is -2.20.